The Kier molecular flexibility index (Phi) is 2.93. The van der Waals surface area contributed by atoms with Gasteiger partial charge in [-0.05, 0) is 26.1 Å². The third-order valence-corrected chi connectivity index (χ3v) is 1.22. The predicted molar refractivity (Wildman–Crippen MR) is 35.8 cm³/mol. The fourth-order valence-electron chi connectivity index (χ4n) is 0.594. The van der Waals surface area contributed by atoms with Crippen molar-refractivity contribution in [1.82, 2.24) is 5.32 Å². The van der Waals surface area contributed by atoms with Gasteiger partial charge in [-0.15, -0.1) is 0 Å². The van der Waals surface area contributed by atoms with E-state index < -0.39 is 0 Å². The Morgan fingerprint density at radius 3 is 2.33 bits per heavy atom. The van der Waals surface area contributed by atoms with Gasteiger partial charge in [0.15, 0.2) is 0 Å². The van der Waals surface area contributed by atoms with Crippen LogP contribution in [0.25, 0.3) is 0 Å². The van der Waals surface area contributed by atoms with Crippen molar-refractivity contribution < 1.29 is 21.8 Å². The van der Waals surface area contributed by atoms with E-state index >= 15 is 0 Å². The molecular formula is C5H9CuNOS+2. The minimum atomic E-state index is 0. The van der Waals surface area contributed by atoms with Gasteiger partial charge in [-0.2, -0.15) is 0 Å². The molecule has 1 saturated heterocycles. The summed E-state index contributed by atoms with van der Waals surface area (Å²) in [5.41, 5.74) is 0.0527. The minimum absolute atomic E-state index is 0. The van der Waals surface area contributed by atoms with Crippen LogP contribution in [0.5, 0.6) is 0 Å². The second-order valence-corrected chi connectivity index (χ2v) is 2.96. The van der Waals surface area contributed by atoms with Gasteiger partial charge in [0, 0.05) is 0 Å². The molecule has 0 aromatic rings. The third kappa shape index (κ3) is 2.52. The van der Waals surface area contributed by atoms with Gasteiger partial charge in [0.25, 0.3) is 5.17 Å². The summed E-state index contributed by atoms with van der Waals surface area (Å²) in [4.78, 5) is 0. The van der Waals surface area contributed by atoms with Crippen molar-refractivity contribution in [1.29, 1.82) is 0 Å². The van der Waals surface area contributed by atoms with Crippen molar-refractivity contribution in [2.24, 2.45) is 0 Å². The molecule has 0 aliphatic carbocycles. The number of nitrogens with one attached hydrogen (secondary N) is 1. The van der Waals surface area contributed by atoms with Crippen LogP contribution >= 0.6 is 12.2 Å². The van der Waals surface area contributed by atoms with Crippen molar-refractivity contribution in [3.8, 4) is 0 Å². The summed E-state index contributed by atoms with van der Waals surface area (Å²) in [5, 5.41) is 3.53. The molecule has 0 bridgehead atoms. The van der Waals surface area contributed by atoms with Gasteiger partial charge in [-0.1, -0.05) is 0 Å². The SMILES string of the molecule is CC1(C)COC(=S)N1.[Cu+2]. The molecule has 1 radical (unpaired) electrons. The maximum atomic E-state index is 4.99. The molecule has 1 fully saturated rings. The first-order valence-electron chi connectivity index (χ1n) is 2.55. The van der Waals surface area contributed by atoms with Crippen LogP contribution in [0, 0.1) is 0 Å². The Morgan fingerprint density at radius 2 is 2.22 bits per heavy atom. The fraction of sp³-hybridized carbons (Fsp3) is 0.800. The summed E-state index contributed by atoms with van der Waals surface area (Å²) >= 11 is 4.73. The summed E-state index contributed by atoms with van der Waals surface area (Å²) in [6.07, 6.45) is 0. The standard InChI is InChI=1S/C5H9NOS.Cu/c1-5(2)3-7-4(8)6-5;/h3H2,1-2H3,(H,6,8);/q;+2. The first kappa shape index (κ1) is 9.21. The van der Waals surface area contributed by atoms with Crippen molar-refractivity contribution in [2.45, 2.75) is 19.4 Å². The van der Waals surface area contributed by atoms with E-state index in [4.69, 9.17) is 17.0 Å². The second kappa shape index (κ2) is 2.86. The number of hydrogen-bond donors (Lipinski definition) is 1. The van der Waals surface area contributed by atoms with Gasteiger partial charge in [0.05, 0.1) is 5.54 Å². The van der Waals surface area contributed by atoms with Crippen molar-refractivity contribution in [2.75, 3.05) is 6.61 Å². The molecule has 0 atom stereocenters. The average molecular weight is 195 g/mol. The topological polar surface area (TPSA) is 21.3 Å². The summed E-state index contributed by atoms with van der Waals surface area (Å²) in [5.74, 6) is 0. The predicted octanol–water partition coefficient (Wildman–Crippen LogP) is 0.667. The number of rotatable bonds is 0. The molecule has 1 aliphatic heterocycles. The first-order valence-corrected chi connectivity index (χ1v) is 2.96. The molecule has 1 heterocycles. The molecule has 0 saturated carbocycles. The maximum absolute atomic E-state index is 4.99. The molecule has 9 heavy (non-hydrogen) atoms. The van der Waals surface area contributed by atoms with E-state index in [9.17, 15) is 0 Å². The van der Waals surface area contributed by atoms with Crippen molar-refractivity contribution in [3.05, 3.63) is 0 Å². The van der Waals surface area contributed by atoms with Gasteiger partial charge >= 0.3 is 17.1 Å². The molecular weight excluding hydrogens is 186 g/mol. The Labute approximate surface area is 70.8 Å². The smallest absolute Gasteiger partial charge is 0.469 e. The Hall–Kier alpha value is 0.209. The third-order valence-electron chi connectivity index (χ3n) is 1.00. The monoisotopic (exact) mass is 194 g/mol. The summed E-state index contributed by atoms with van der Waals surface area (Å²) in [7, 11) is 0. The molecule has 2 nitrogen and oxygen atoms in total. The minimum Gasteiger partial charge on any atom is -0.469 e. The van der Waals surface area contributed by atoms with Crippen LogP contribution in [-0.2, 0) is 21.8 Å². The first-order chi connectivity index (χ1) is 3.60. The normalized spacial score (nSPS) is 21.8. The van der Waals surface area contributed by atoms with E-state index in [0.717, 1.165) is 0 Å². The molecule has 0 aromatic heterocycles. The summed E-state index contributed by atoms with van der Waals surface area (Å²) in [6.45, 7) is 4.78. The fourth-order valence-corrected chi connectivity index (χ4v) is 0.930. The van der Waals surface area contributed by atoms with Crippen LogP contribution in [-0.4, -0.2) is 17.3 Å². The molecule has 1 N–H and O–H groups in total. The van der Waals surface area contributed by atoms with Crippen LogP contribution < -0.4 is 5.32 Å². The molecule has 55 valence electrons. The van der Waals surface area contributed by atoms with Crippen molar-refractivity contribution >= 4 is 17.4 Å². The van der Waals surface area contributed by atoms with Gasteiger partial charge in [0.2, 0.25) is 0 Å². The second-order valence-electron chi connectivity index (χ2n) is 2.59. The molecule has 1 rings (SSSR count). The van der Waals surface area contributed by atoms with E-state index in [1.165, 1.54) is 0 Å². The van der Waals surface area contributed by atoms with E-state index in [1.807, 2.05) is 13.8 Å². The zero-order valence-electron chi connectivity index (χ0n) is 5.33. The van der Waals surface area contributed by atoms with E-state index in [0.29, 0.717) is 11.8 Å². The van der Waals surface area contributed by atoms with E-state index in [-0.39, 0.29) is 22.6 Å². The molecule has 4 heteroatoms. The van der Waals surface area contributed by atoms with Crippen LogP contribution in [0.4, 0.5) is 0 Å². The number of hydrogen-bond acceptors (Lipinski definition) is 2. The zero-order chi connectivity index (χ0) is 6.20. The van der Waals surface area contributed by atoms with Crippen LogP contribution in [0.2, 0.25) is 0 Å². The Balaban J connectivity index is 0.000000640. The Morgan fingerprint density at radius 1 is 1.67 bits per heavy atom. The van der Waals surface area contributed by atoms with Gasteiger partial charge < -0.3 is 10.1 Å². The average Bonchev–Trinajstić information content (AvgIpc) is 1.82. The molecule has 1 aliphatic rings. The van der Waals surface area contributed by atoms with Crippen LogP contribution in [0.3, 0.4) is 0 Å². The quantitative estimate of drug-likeness (QED) is 0.453. The van der Waals surface area contributed by atoms with Crippen LogP contribution in [0.1, 0.15) is 13.8 Å². The maximum Gasteiger partial charge on any atom is 2.00 e. The van der Waals surface area contributed by atoms with E-state index in [2.05, 4.69) is 5.32 Å². The molecule has 0 aromatic carbocycles. The summed E-state index contributed by atoms with van der Waals surface area (Å²) < 4.78 is 4.99. The van der Waals surface area contributed by atoms with Gasteiger partial charge in [-0.25, -0.2) is 0 Å². The van der Waals surface area contributed by atoms with Gasteiger partial charge in [0.1, 0.15) is 6.61 Å². The molecule has 0 spiro atoms. The Bertz CT molecular complexity index is 126. The summed E-state index contributed by atoms with van der Waals surface area (Å²) in [6, 6.07) is 0. The largest absolute Gasteiger partial charge is 2.00 e. The number of ether oxygens (including phenoxy) is 1. The molecule has 0 unspecified atom stereocenters. The van der Waals surface area contributed by atoms with Gasteiger partial charge in [-0.3, -0.25) is 0 Å². The molecule has 0 amide bonds. The zero-order valence-corrected chi connectivity index (χ0v) is 7.08. The van der Waals surface area contributed by atoms with E-state index in [1.54, 1.807) is 0 Å². The van der Waals surface area contributed by atoms with Crippen molar-refractivity contribution in [3.63, 3.8) is 0 Å². The number of thiocarbonyl (C=S) groups is 1. The van der Waals surface area contributed by atoms with Crippen LogP contribution in [0.15, 0.2) is 0 Å².